The Morgan fingerprint density at radius 3 is 2.67 bits per heavy atom. The summed E-state index contributed by atoms with van der Waals surface area (Å²) in [5.74, 6) is 0.834. The van der Waals surface area contributed by atoms with Gasteiger partial charge in [0.2, 0.25) is 5.12 Å². The molecule has 2 aromatic heterocycles. The predicted octanol–water partition coefficient (Wildman–Crippen LogP) is 5.13. The molecular weight excluding hydrogens is 394 g/mol. The van der Waals surface area contributed by atoms with E-state index in [0.29, 0.717) is 13.0 Å². The van der Waals surface area contributed by atoms with Crippen molar-refractivity contribution in [2.45, 2.75) is 13.0 Å². The molecule has 30 heavy (non-hydrogen) atoms. The summed E-state index contributed by atoms with van der Waals surface area (Å²) in [5, 5.41) is 1.18. The van der Waals surface area contributed by atoms with Crippen LogP contribution < -0.4 is 4.74 Å². The van der Waals surface area contributed by atoms with E-state index >= 15 is 0 Å². The molecule has 148 valence electrons. The molecule has 0 radical (unpaired) electrons. The van der Waals surface area contributed by atoms with Crippen LogP contribution in [0, 0.1) is 0 Å². The topological polar surface area (TPSA) is 56.5 Å². The Kier molecular flexibility index (Phi) is 4.85. The number of hydrogen-bond donors (Lipinski definition) is 0. The van der Waals surface area contributed by atoms with Crippen LogP contribution in [-0.2, 0) is 11.3 Å². The average molecular weight is 414 g/mol. The summed E-state index contributed by atoms with van der Waals surface area (Å²) in [6, 6.07) is 24.5. The summed E-state index contributed by atoms with van der Waals surface area (Å²) >= 11 is 1.01. The predicted molar refractivity (Wildman–Crippen MR) is 121 cm³/mol. The molecule has 0 saturated carbocycles. The minimum Gasteiger partial charge on any atom is -0.497 e. The second-order valence-electron chi connectivity index (χ2n) is 7.10. The standard InChI is InChI=1S/C24H19N3O2S/c1-29-19-10-11-22-17(12-19)13-23(16-6-3-2-4-7-16)27(22)15-18-8-5-9-20(25-18)21-14-24(28)30-26-21/h2-13H,14-15H2,1H3. The monoisotopic (exact) mass is 413 g/mol. The Hall–Kier alpha value is -3.38. The maximum Gasteiger partial charge on any atom is 0.217 e. The summed E-state index contributed by atoms with van der Waals surface area (Å²) in [5.41, 5.74) is 5.82. The zero-order chi connectivity index (χ0) is 20.5. The fourth-order valence-corrected chi connectivity index (χ4v) is 4.30. The van der Waals surface area contributed by atoms with Gasteiger partial charge in [0.15, 0.2) is 0 Å². The Balaban J connectivity index is 1.59. The highest BCUT2D eigenvalue weighted by atomic mass is 32.2. The molecule has 1 aliphatic rings. The van der Waals surface area contributed by atoms with Crippen LogP contribution in [0.3, 0.4) is 0 Å². The van der Waals surface area contributed by atoms with Crippen LogP contribution in [0.5, 0.6) is 5.75 Å². The van der Waals surface area contributed by atoms with Gasteiger partial charge < -0.3 is 9.30 Å². The zero-order valence-corrected chi connectivity index (χ0v) is 17.2. The molecule has 0 bridgehead atoms. The molecule has 0 atom stereocenters. The lowest BCUT2D eigenvalue weighted by atomic mass is 10.1. The molecule has 4 aromatic rings. The number of ether oxygens (including phenoxy) is 1. The number of benzene rings is 2. The van der Waals surface area contributed by atoms with E-state index in [2.05, 4.69) is 39.3 Å². The van der Waals surface area contributed by atoms with Crippen molar-refractivity contribution in [3.8, 4) is 17.0 Å². The van der Waals surface area contributed by atoms with Crippen molar-refractivity contribution in [2.75, 3.05) is 7.11 Å². The van der Waals surface area contributed by atoms with Crippen molar-refractivity contribution in [3.63, 3.8) is 0 Å². The number of carbonyl (C=O) groups excluding carboxylic acids is 1. The summed E-state index contributed by atoms with van der Waals surface area (Å²) in [7, 11) is 1.68. The molecule has 0 amide bonds. The first-order valence-corrected chi connectivity index (χ1v) is 10.4. The molecule has 5 rings (SSSR count). The van der Waals surface area contributed by atoms with E-state index in [4.69, 9.17) is 9.72 Å². The summed E-state index contributed by atoms with van der Waals surface area (Å²) in [6.07, 6.45) is 0.336. The number of carbonyl (C=O) groups is 1. The minimum atomic E-state index is 0.0638. The lowest BCUT2D eigenvalue weighted by molar-refractivity contribution is -0.109. The van der Waals surface area contributed by atoms with E-state index in [9.17, 15) is 4.79 Å². The Bertz CT molecular complexity index is 1280. The van der Waals surface area contributed by atoms with Gasteiger partial charge in [0, 0.05) is 16.6 Å². The summed E-state index contributed by atoms with van der Waals surface area (Å²) < 4.78 is 11.9. The van der Waals surface area contributed by atoms with E-state index in [-0.39, 0.29) is 5.12 Å². The Morgan fingerprint density at radius 2 is 1.90 bits per heavy atom. The van der Waals surface area contributed by atoms with Gasteiger partial charge in [-0.15, -0.1) is 0 Å². The number of methoxy groups -OCH3 is 1. The van der Waals surface area contributed by atoms with Crippen LogP contribution in [0.25, 0.3) is 22.2 Å². The number of aromatic nitrogens is 2. The van der Waals surface area contributed by atoms with Gasteiger partial charge in [-0.25, -0.2) is 9.38 Å². The number of pyridine rings is 1. The van der Waals surface area contributed by atoms with Crippen molar-refractivity contribution in [2.24, 2.45) is 4.40 Å². The van der Waals surface area contributed by atoms with E-state index < -0.39 is 0 Å². The molecule has 0 spiro atoms. The first-order chi connectivity index (χ1) is 14.7. The number of nitrogens with zero attached hydrogens (tertiary/aromatic N) is 3. The van der Waals surface area contributed by atoms with Gasteiger partial charge in [-0.2, -0.15) is 0 Å². The van der Waals surface area contributed by atoms with E-state index in [1.807, 2.05) is 42.5 Å². The Labute approximate surface area is 178 Å². The molecule has 6 heteroatoms. The van der Waals surface area contributed by atoms with Crippen LogP contribution in [0.4, 0.5) is 0 Å². The summed E-state index contributed by atoms with van der Waals surface area (Å²) in [6.45, 7) is 0.613. The molecule has 0 saturated heterocycles. The highest BCUT2D eigenvalue weighted by Crippen LogP contribution is 2.31. The molecule has 1 aliphatic heterocycles. The molecule has 0 aliphatic carbocycles. The molecule has 5 nitrogen and oxygen atoms in total. The van der Waals surface area contributed by atoms with Crippen LogP contribution in [0.15, 0.2) is 77.2 Å². The quantitative estimate of drug-likeness (QED) is 0.426. The van der Waals surface area contributed by atoms with Crippen molar-refractivity contribution in [1.82, 2.24) is 9.55 Å². The van der Waals surface area contributed by atoms with Gasteiger partial charge in [-0.1, -0.05) is 36.4 Å². The van der Waals surface area contributed by atoms with Gasteiger partial charge in [0.05, 0.1) is 49.1 Å². The molecular formula is C24H19N3O2S. The minimum absolute atomic E-state index is 0.0638. The van der Waals surface area contributed by atoms with Gasteiger partial charge in [-0.3, -0.25) is 4.79 Å². The van der Waals surface area contributed by atoms with Gasteiger partial charge in [0.25, 0.3) is 0 Å². The SMILES string of the molecule is COc1ccc2c(c1)cc(-c1ccccc1)n2Cc1cccc(C2=NSC(=O)C2)n1. The maximum atomic E-state index is 11.6. The van der Waals surface area contributed by atoms with Gasteiger partial charge in [-0.05, 0) is 42.0 Å². The fourth-order valence-electron chi connectivity index (χ4n) is 3.73. The van der Waals surface area contributed by atoms with Crippen molar-refractivity contribution in [1.29, 1.82) is 0 Å². The van der Waals surface area contributed by atoms with Crippen LogP contribution in [0.2, 0.25) is 0 Å². The van der Waals surface area contributed by atoms with Crippen molar-refractivity contribution < 1.29 is 9.53 Å². The van der Waals surface area contributed by atoms with Crippen molar-refractivity contribution in [3.05, 3.63) is 84.2 Å². The fraction of sp³-hybridized carbons (Fsp3) is 0.125. The van der Waals surface area contributed by atoms with E-state index in [0.717, 1.165) is 57.0 Å². The third-order valence-electron chi connectivity index (χ3n) is 5.17. The Morgan fingerprint density at radius 1 is 1.03 bits per heavy atom. The highest BCUT2D eigenvalue weighted by molar-refractivity contribution is 8.13. The normalized spacial score (nSPS) is 13.6. The van der Waals surface area contributed by atoms with Gasteiger partial charge >= 0.3 is 0 Å². The molecule has 0 fully saturated rings. The second kappa shape index (κ2) is 7.80. The van der Waals surface area contributed by atoms with E-state index in [1.54, 1.807) is 7.11 Å². The third-order valence-corrected chi connectivity index (χ3v) is 5.83. The van der Waals surface area contributed by atoms with Crippen LogP contribution in [0.1, 0.15) is 17.8 Å². The number of rotatable bonds is 5. The largest absolute Gasteiger partial charge is 0.497 e. The van der Waals surface area contributed by atoms with Gasteiger partial charge in [0.1, 0.15) is 5.75 Å². The van der Waals surface area contributed by atoms with Crippen LogP contribution >= 0.6 is 11.9 Å². The first kappa shape index (κ1) is 18.6. The highest BCUT2D eigenvalue weighted by Gasteiger charge is 2.19. The smallest absolute Gasteiger partial charge is 0.217 e. The van der Waals surface area contributed by atoms with Crippen LogP contribution in [-0.4, -0.2) is 27.5 Å². The third kappa shape index (κ3) is 3.50. The average Bonchev–Trinajstić information content (AvgIpc) is 3.38. The zero-order valence-electron chi connectivity index (χ0n) is 16.4. The maximum absolute atomic E-state index is 11.6. The lowest BCUT2D eigenvalue weighted by Crippen LogP contribution is -2.08. The van der Waals surface area contributed by atoms with Crippen molar-refractivity contribution >= 4 is 33.7 Å². The first-order valence-electron chi connectivity index (χ1n) is 9.67. The molecule has 0 unspecified atom stereocenters. The molecule has 0 N–H and O–H groups in total. The number of hydrogen-bond acceptors (Lipinski definition) is 5. The second-order valence-corrected chi connectivity index (χ2v) is 7.92. The molecule has 2 aromatic carbocycles. The number of fused-ring (bicyclic) bond motifs is 1. The van der Waals surface area contributed by atoms with E-state index in [1.165, 1.54) is 0 Å². The molecule has 3 heterocycles. The summed E-state index contributed by atoms with van der Waals surface area (Å²) in [4.78, 5) is 16.4. The lowest BCUT2D eigenvalue weighted by Gasteiger charge is -2.12.